The van der Waals surface area contributed by atoms with E-state index in [1.807, 2.05) is 18.2 Å². The number of hydrogen-bond acceptors (Lipinski definition) is 3. The summed E-state index contributed by atoms with van der Waals surface area (Å²) < 4.78 is 2.14. The van der Waals surface area contributed by atoms with Crippen molar-refractivity contribution in [1.82, 2.24) is 9.55 Å². The summed E-state index contributed by atoms with van der Waals surface area (Å²) in [5, 5.41) is 10.4. The maximum atomic E-state index is 10.8. The molecule has 1 aromatic carbocycles. The molecular weight excluding hydrogens is 308 g/mol. The van der Waals surface area contributed by atoms with Crippen molar-refractivity contribution < 1.29 is 9.90 Å². The van der Waals surface area contributed by atoms with Gasteiger partial charge in [0.05, 0.1) is 16.8 Å². The number of rotatable bonds is 5. The smallest absolute Gasteiger partial charge is 0.313 e. The average Bonchev–Trinajstić information content (AvgIpc) is 3.06. The van der Waals surface area contributed by atoms with Gasteiger partial charge in [-0.1, -0.05) is 36.2 Å². The number of imidazole rings is 1. The highest BCUT2D eigenvalue weighted by Gasteiger charge is 2.20. The standard InChI is InChI=1S/C15H17ClN2O2S/c16-11-5-6-12-13(7-11)18(8-10-3-1-2-4-10)15(17-12)21-9-14(19)20/h5-7,10H,1-4,8-9H2,(H,19,20). The van der Waals surface area contributed by atoms with Crippen LogP contribution in [0.4, 0.5) is 0 Å². The highest BCUT2D eigenvalue weighted by Crippen LogP contribution is 2.31. The van der Waals surface area contributed by atoms with E-state index in [9.17, 15) is 4.79 Å². The molecule has 0 bridgehead atoms. The van der Waals surface area contributed by atoms with Crippen molar-refractivity contribution in [3.63, 3.8) is 0 Å². The Morgan fingerprint density at radius 2 is 2.19 bits per heavy atom. The molecule has 21 heavy (non-hydrogen) atoms. The molecule has 1 saturated carbocycles. The lowest BCUT2D eigenvalue weighted by Crippen LogP contribution is -2.09. The molecule has 112 valence electrons. The van der Waals surface area contributed by atoms with E-state index in [2.05, 4.69) is 9.55 Å². The van der Waals surface area contributed by atoms with Crippen LogP contribution in [-0.4, -0.2) is 26.4 Å². The van der Waals surface area contributed by atoms with E-state index < -0.39 is 5.97 Å². The highest BCUT2D eigenvalue weighted by atomic mass is 35.5. The van der Waals surface area contributed by atoms with Crippen LogP contribution in [0.5, 0.6) is 0 Å². The van der Waals surface area contributed by atoms with E-state index in [1.54, 1.807) is 0 Å². The molecule has 0 saturated heterocycles. The predicted molar refractivity (Wildman–Crippen MR) is 85.1 cm³/mol. The molecule has 0 radical (unpaired) electrons. The van der Waals surface area contributed by atoms with Gasteiger partial charge in [0.15, 0.2) is 5.16 Å². The van der Waals surface area contributed by atoms with Crippen molar-refractivity contribution in [2.75, 3.05) is 5.75 Å². The molecule has 0 unspecified atom stereocenters. The first-order chi connectivity index (χ1) is 10.1. The Morgan fingerprint density at radius 1 is 1.43 bits per heavy atom. The molecule has 1 aromatic heterocycles. The molecule has 1 fully saturated rings. The number of halogens is 1. The number of thioether (sulfide) groups is 1. The minimum atomic E-state index is -0.822. The van der Waals surface area contributed by atoms with Crippen LogP contribution in [-0.2, 0) is 11.3 Å². The molecule has 2 aromatic rings. The highest BCUT2D eigenvalue weighted by molar-refractivity contribution is 7.99. The first-order valence-electron chi connectivity index (χ1n) is 7.14. The molecule has 1 aliphatic rings. The monoisotopic (exact) mass is 324 g/mol. The van der Waals surface area contributed by atoms with Crippen LogP contribution < -0.4 is 0 Å². The molecule has 1 aliphatic carbocycles. The summed E-state index contributed by atoms with van der Waals surface area (Å²) in [5.41, 5.74) is 1.88. The van der Waals surface area contributed by atoms with Crippen molar-refractivity contribution in [2.45, 2.75) is 37.4 Å². The molecule has 0 atom stereocenters. The zero-order valence-corrected chi connectivity index (χ0v) is 13.2. The van der Waals surface area contributed by atoms with Gasteiger partial charge >= 0.3 is 5.97 Å². The van der Waals surface area contributed by atoms with Gasteiger partial charge in [0.2, 0.25) is 0 Å². The van der Waals surface area contributed by atoms with Gasteiger partial charge in [-0.25, -0.2) is 4.98 Å². The van der Waals surface area contributed by atoms with Gasteiger partial charge in [-0.3, -0.25) is 4.79 Å². The second-order valence-electron chi connectivity index (χ2n) is 5.47. The van der Waals surface area contributed by atoms with Gasteiger partial charge < -0.3 is 9.67 Å². The first kappa shape index (κ1) is 14.7. The summed E-state index contributed by atoms with van der Waals surface area (Å²) in [6.07, 6.45) is 5.05. The predicted octanol–water partition coefficient (Wildman–Crippen LogP) is 4.06. The van der Waals surface area contributed by atoms with Gasteiger partial charge in [-0.05, 0) is 37.0 Å². The number of aromatic nitrogens is 2. The summed E-state index contributed by atoms with van der Waals surface area (Å²) in [7, 11) is 0. The second-order valence-corrected chi connectivity index (χ2v) is 6.85. The van der Waals surface area contributed by atoms with Crippen molar-refractivity contribution >= 4 is 40.4 Å². The maximum absolute atomic E-state index is 10.8. The van der Waals surface area contributed by atoms with Crippen LogP contribution in [0.2, 0.25) is 5.02 Å². The minimum absolute atomic E-state index is 0.0295. The van der Waals surface area contributed by atoms with E-state index in [4.69, 9.17) is 16.7 Å². The third kappa shape index (κ3) is 3.35. The first-order valence-corrected chi connectivity index (χ1v) is 8.50. The number of nitrogens with zero attached hydrogens (tertiary/aromatic N) is 2. The van der Waals surface area contributed by atoms with Gasteiger partial charge in [-0.15, -0.1) is 0 Å². The Labute approximate surface area is 132 Å². The molecule has 4 nitrogen and oxygen atoms in total. The average molecular weight is 325 g/mol. The second kappa shape index (κ2) is 6.28. The molecule has 6 heteroatoms. The van der Waals surface area contributed by atoms with Gasteiger partial charge in [0.1, 0.15) is 0 Å². The van der Waals surface area contributed by atoms with Crippen LogP contribution in [0.3, 0.4) is 0 Å². The molecule has 0 amide bonds. The lowest BCUT2D eigenvalue weighted by Gasteiger charge is -2.13. The maximum Gasteiger partial charge on any atom is 0.313 e. The summed E-state index contributed by atoms with van der Waals surface area (Å²) in [4.78, 5) is 15.4. The molecule has 0 aliphatic heterocycles. The quantitative estimate of drug-likeness (QED) is 0.843. The Balaban J connectivity index is 1.96. The molecular formula is C15H17ClN2O2S. The van der Waals surface area contributed by atoms with Crippen LogP contribution >= 0.6 is 23.4 Å². The van der Waals surface area contributed by atoms with Crippen LogP contribution in [0.15, 0.2) is 23.4 Å². The fraction of sp³-hybridized carbons (Fsp3) is 0.467. The summed E-state index contributed by atoms with van der Waals surface area (Å²) in [5.74, 6) is -0.134. The van der Waals surface area contributed by atoms with E-state index in [-0.39, 0.29) is 5.75 Å². The van der Waals surface area contributed by atoms with Crippen molar-refractivity contribution in [2.24, 2.45) is 5.92 Å². The number of hydrogen-bond donors (Lipinski definition) is 1. The third-order valence-electron chi connectivity index (χ3n) is 3.92. The number of fused-ring (bicyclic) bond motifs is 1. The zero-order chi connectivity index (χ0) is 14.8. The SMILES string of the molecule is O=C(O)CSc1nc2ccc(Cl)cc2n1CC1CCCC1. The summed E-state index contributed by atoms with van der Waals surface area (Å²) in [6, 6.07) is 5.64. The zero-order valence-electron chi connectivity index (χ0n) is 11.6. The number of aliphatic carboxylic acids is 1. The van der Waals surface area contributed by atoms with Crippen molar-refractivity contribution in [3.8, 4) is 0 Å². The van der Waals surface area contributed by atoms with Gasteiger partial charge in [-0.2, -0.15) is 0 Å². The Bertz CT molecular complexity index is 665. The van der Waals surface area contributed by atoms with Gasteiger partial charge in [0.25, 0.3) is 0 Å². The Kier molecular flexibility index (Phi) is 4.40. The largest absolute Gasteiger partial charge is 0.481 e. The van der Waals surface area contributed by atoms with E-state index in [0.29, 0.717) is 10.9 Å². The van der Waals surface area contributed by atoms with E-state index in [0.717, 1.165) is 22.7 Å². The van der Waals surface area contributed by atoms with E-state index in [1.165, 1.54) is 37.4 Å². The fourth-order valence-corrected chi connectivity index (χ4v) is 3.85. The number of carbonyl (C=O) groups is 1. The number of benzene rings is 1. The minimum Gasteiger partial charge on any atom is -0.481 e. The topological polar surface area (TPSA) is 55.1 Å². The summed E-state index contributed by atoms with van der Waals surface area (Å²) in [6.45, 7) is 0.902. The van der Waals surface area contributed by atoms with Crippen LogP contribution in [0, 0.1) is 5.92 Å². The number of carboxylic acids is 1. The van der Waals surface area contributed by atoms with Crippen molar-refractivity contribution in [3.05, 3.63) is 23.2 Å². The molecule has 1 N–H and O–H groups in total. The van der Waals surface area contributed by atoms with Crippen LogP contribution in [0.1, 0.15) is 25.7 Å². The Hall–Kier alpha value is -1.20. The third-order valence-corrected chi connectivity index (χ3v) is 5.11. The van der Waals surface area contributed by atoms with Crippen LogP contribution in [0.25, 0.3) is 11.0 Å². The summed E-state index contributed by atoms with van der Waals surface area (Å²) >= 11 is 7.38. The van der Waals surface area contributed by atoms with Crippen molar-refractivity contribution in [1.29, 1.82) is 0 Å². The Morgan fingerprint density at radius 3 is 2.90 bits per heavy atom. The normalized spacial score (nSPS) is 15.9. The number of carboxylic acid groups (broad SMARTS) is 1. The van der Waals surface area contributed by atoms with Gasteiger partial charge in [0, 0.05) is 11.6 Å². The lowest BCUT2D eigenvalue weighted by molar-refractivity contribution is -0.133. The van der Waals surface area contributed by atoms with E-state index >= 15 is 0 Å². The molecule has 0 spiro atoms. The lowest BCUT2D eigenvalue weighted by atomic mass is 10.1. The fourth-order valence-electron chi connectivity index (χ4n) is 2.94. The molecule has 3 rings (SSSR count). The molecule has 1 heterocycles.